The second-order valence-electron chi connectivity index (χ2n) is 5.87. The fourth-order valence-corrected chi connectivity index (χ4v) is 3.67. The molecule has 0 aromatic heterocycles. The molecule has 20 heavy (non-hydrogen) atoms. The number of rotatable bonds is 6. The lowest BCUT2D eigenvalue weighted by atomic mass is 10.0. The molecule has 1 saturated carbocycles. The molecule has 1 unspecified atom stereocenters. The van der Waals surface area contributed by atoms with Gasteiger partial charge in [0.15, 0.2) is 0 Å². The molecule has 1 aliphatic rings. The number of anilines is 1. The van der Waals surface area contributed by atoms with Crippen LogP contribution in [0.15, 0.2) is 22.7 Å². The summed E-state index contributed by atoms with van der Waals surface area (Å²) in [6, 6.07) is 7.66. The second kappa shape index (κ2) is 7.46. The average molecular weight is 339 g/mol. The zero-order valence-corrected chi connectivity index (χ0v) is 14.3. The lowest BCUT2D eigenvalue weighted by Gasteiger charge is -2.32. The van der Waals surface area contributed by atoms with Crippen molar-refractivity contribution >= 4 is 21.6 Å². The van der Waals surface area contributed by atoms with Crippen molar-refractivity contribution in [3.8, 4) is 0 Å². The molecule has 0 bridgehead atoms. The van der Waals surface area contributed by atoms with E-state index in [0.717, 1.165) is 29.9 Å². The number of nitrogens with zero attached hydrogens (tertiary/aromatic N) is 1. The van der Waals surface area contributed by atoms with Crippen molar-refractivity contribution in [1.29, 1.82) is 0 Å². The van der Waals surface area contributed by atoms with E-state index in [2.05, 4.69) is 52.9 Å². The van der Waals surface area contributed by atoms with Gasteiger partial charge < -0.3 is 10.6 Å². The minimum atomic E-state index is 0.255. The Morgan fingerprint density at radius 1 is 1.30 bits per heavy atom. The van der Waals surface area contributed by atoms with Gasteiger partial charge in [-0.2, -0.15) is 0 Å². The molecule has 1 aromatic rings. The van der Waals surface area contributed by atoms with Gasteiger partial charge in [-0.1, -0.05) is 35.7 Å². The predicted octanol–water partition coefficient (Wildman–Crippen LogP) is 4.50. The van der Waals surface area contributed by atoms with E-state index < -0.39 is 0 Å². The predicted molar refractivity (Wildman–Crippen MR) is 91.4 cm³/mol. The van der Waals surface area contributed by atoms with Gasteiger partial charge in [0.25, 0.3) is 0 Å². The van der Waals surface area contributed by atoms with Crippen LogP contribution in [0.2, 0.25) is 0 Å². The minimum absolute atomic E-state index is 0.255. The third kappa shape index (κ3) is 3.76. The summed E-state index contributed by atoms with van der Waals surface area (Å²) in [5, 5.41) is 0. The summed E-state index contributed by atoms with van der Waals surface area (Å²) in [5.41, 5.74) is 8.97. The summed E-state index contributed by atoms with van der Waals surface area (Å²) < 4.78 is 1.15. The third-order valence-corrected chi connectivity index (χ3v) is 4.96. The van der Waals surface area contributed by atoms with Crippen molar-refractivity contribution in [1.82, 2.24) is 0 Å². The fourth-order valence-electron chi connectivity index (χ4n) is 3.27. The first-order chi connectivity index (χ1) is 9.65. The van der Waals surface area contributed by atoms with Crippen LogP contribution < -0.4 is 10.6 Å². The van der Waals surface area contributed by atoms with E-state index in [1.807, 2.05) is 0 Å². The second-order valence-corrected chi connectivity index (χ2v) is 6.79. The van der Waals surface area contributed by atoms with Crippen molar-refractivity contribution in [2.75, 3.05) is 11.4 Å². The normalized spacial score (nSPS) is 17.4. The molecule has 0 aliphatic heterocycles. The summed E-state index contributed by atoms with van der Waals surface area (Å²) in [4.78, 5) is 2.59. The van der Waals surface area contributed by atoms with Crippen LogP contribution >= 0.6 is 15.9 Å². The highest BCUT2D eigenvalue weighted by atomic mass is 79.9. The smallest absolute Gasteiger partial charge is 0.0402 e. The summed E-state index contributed by atoms with van der Waals surface area (Å²) in [6.07, 6.45) is 7.42. The van der Waals surface area contributed by atoms with E-state index in [1.165, 1.54) is 36.9 Å². The first-order valence-corrected chi connectivity index (χ1v) is 8.75. The van der Waals surface area contributed by atoms with Crippen molar-refractivity contribution in [2.24, 2.45) is 5.73 Å². The molecule has 2 N–H and O–H groups in total. The molecule has 0 saturated heterocycles. The summed E-state index contributed by atoms with van der Waals surface area (Å²) in [7, 11) is 0. The van der Waals surface area contributed by atoms with Crippen molar-refractivity contribution in [2.45, 2.75) is 64.5 Å². The van der Waals surface area contributed by atoms with Gasteiger partial charge >= 0.3 is 0 Å². The van der Waals surface area contributed by atoms with Gasteiger partial charge in [0.1, 0.15) is 0 Å². The van der Waals surface area contributed by atoms with Crippen LogP contribution in [0.1, 0.15) is 51.5 Å². The maximum Gasteiger partial charge on any atom is 0.0402 e. The molecule has 1 fully saturated rings. The molecule has 2 nitrogen and oxygen atoms in total. The third-order valence-electron chi connectivity index (χ3n) is 4.46. The van der Waals surface area contributed by atoms with Crippen LogP contribution in [0.5, 0.6) is 0 Å². The molecule has 112 valence electrons. The lowest BCUT2D eigenvalue weighted by molar-refractivity contribution is 0.608. The molecular weight excluding hydrogens is 312 g/mol. The Labute approximate surface area is 131 Å². The van der Waals surface area contributed by atoms with Gasteiger partial charge in [-0.05, 0) is 56.4 Å². The Balaban J connectivity index is 2.27. The van der Waals surface area contributed by atoms with Crippen LogP contribution in [0.25, 0.3) is 0 Å². The summed E-state index contributed by atoms with van der Waals surface area (Å²) >= 11 is 3.60. The first-order valence-electron chi connectivity index (χ1n) is 7.96. The SMILES string of the molecule is CCC(N)Cc1cc(Br)ccc1N(CC)C1CCCC1. The van der Waals surface area contributed by atoms with E-state index in [4.69, 9.17) is 5.73 Å². The van der Waals surface area contributed by atoms with E-state index in [0.29, 0.717) is 0 Å². The van der Waals surface area contributed by atoms with E-state index >= 15 is 0 Å². The highest BCUT2D eigenvalue weighted by Crippen LogP contribution is 2.32. The summed E-state index contributed by atoms with van der Waals surface area (Å²) in [5.74, 6) is 0. The highest BCUT2D eigenvalue weighted by Gasteiger charge is 2.23. The molecule has 0 radical (unpaired) electrons. The molecule has 1 aliphatic carbocycles. The molecule has 1 aromatic carbocycles. The Morgan fingerprint density at radius 3 is 2.60 bits per heavy atom. The first kappa shape index (κ1) is 15.8. The Bertz CT molecular complexity index is 427. The van der Waals surface area contributed by atoms with Crippen LogP contribution in [-0.2, 0) is 6.42 Å². The lowest BCUT2D eigenvalue weighted by Crippen LogP contribution is -2.34. The average Bonchev–Trinajstić information content (AvgIpc) is 2.95. The van der Waals surface area contributed by atoms with Crippen molar-refractivity contribution < 1.29 is 0 Å². The maximum absolute atomic E-state index is 6.19. The number of hydrogen-bond acceptors (Lipinski definition) is 2. The summed E-state index contributed by atoms with van der Waals surface area (Å²) in [6.45, 7) is 5.52. The molecule has 0 amide bonds. The molecule has 0 heterocycles. The monoisotopic (exact) mass is 338 g/mol. The Morgan fingerprint density at radius 2 is 2.00 bits per heavy atom. The zero-order valence-electron chi connectivity index (χ0n) is 12.7. The minimum Gasteiger partial charge on any atom is -0.369 e. The van der Waals surface area contributed by atoms with Crippen LogP contribution in [-0.4, -0.2) is 18.6 Å². The standard InChI is InChI=1S/C17H27BrN2/c1-3-15(19)12-13-11-14(18)9-10-17(13)20(4-2)16-7-5-6-8-16/h9-11,15-16H,3-8,12,19H2,1-2H3. The van der Waals surface area contributed by atoms with E-state index in [-0.39, 0.29) is 6.04 Å². The Hall–Kier alpha value is -0.540. The topological polar surface area (TPSA) is 29.3 Å². The van der Waals surface area contributed by atoms with Gasteiger partial charge in [0.2, 0.25) is 0 Å². The van der Waals surface area contributed by atoms with E-state index in [1.54, 1.807) is 0 Å². The van der Waals surface area contributed by atoms with Gasteiger partial charge in [-0.15, -0.1) is 0 Å². The molecule has 2 rings (SSSR count). The largest absolute Gasteiger partial charge is 0.369 e. The van der Waals surface area contributed by atoms with Gasteiger partial charge in [0, 0.05) is 28.8 Å². The highest BCUT2D eigenvalue weighted by molar-refractivity contribution is 9.10. The van der Waals surface area contributed by atoms with Crippen molar-refractivity contribution in [3.63, 3.8) is 0 Å². The molecular formula is C17H27BrN2. The molecule has 3 heteroatoms. The van der Waals surface area contributed by atoms with Gasteiger partial charge in [0.05, 0.1) is 0 Å². The number of benzene rings is 1. The fraction of sp³-hybridized carbons (Fsp3) is 0.647. The maximum atomic E-state index is 6.19. The number of halogens is 1. The number of hydrogen-bond donors (Lipinski definition) is 1. The van der Waals surface area contributed by atoms with Crippen LogP contribution in [0.4, 0.5) is 5.69 Å². The van der Waals surface area contributed by atoms with Gasteiger partial charge in [-0.25, -0.2) is 0 Å². The van der Waals surface area contributed by atoms with Crippen molar-refractivity contribution in [3.05, 3.63) is 28.2 Å². The molecule has 1 atom stereocenters. The quantitative estimate of drug-likeness (QED) is 0.827. The Kier molecular flexibility index (Phi) is 5.91. The van der Waals surface area contributed by atoms with Crippen LogP contribution in [0, 0.1) is 0 Å². The number of nitrogens with two attached hydrogens (primary N) is 1. The van der Waals surface area contributed by atoms with E-state index in [9.17, 15) is 0 Å². The molecule has 0 spiro atoms. The van der Waals surface area contributed by atoms with Crippen LogP contribution in [0.3, 0.4) is 0 Å². The zero-order chi connectivity index (χ0) is 14.5. The van der Waals surface area contributed by atoms with Gasteiger partial charge in [-0.3, -0.25) is 0 Å².